The van der Waals surface area contributed by atoms with E-state index in [1.165, 1.54) is 4.90 Å². The summed E-state index contributed by atoms with van der Waals surface area (Å²) in [5, 5.41) is 10.3. The summed E-state index contributed by atoms with van der Waals surface area (Å²) in [6.07, 6.45) is 4.56. The van der Waals surface area contributed by atoms with Crippen LogP contribution in [-0.2, 0) is 23.9 Å². The second-order valence-corrected chi connectivity index (χ2v) is 9.31. The van der Waals surface area contributed by atoms with Crippen LogP contribution < -0.4 is 16.0 Å². The highest BCUT2D eigenvalue weighted by Crippen LogP contribution is 2.19. The van der Waals surface area contributed by atoms with Crippen molar-refractivity contribution >= 4 is 34.5 Å². The lowest BCUT2D eigenvalue weighted by Gasteiger charge is -2.26. The van der Waals surface area contributed by atoms with Crippen molar-refractivity contribution in [1.82, 2.24) is 25.8 Å². The summed E-state index contributed by atoms with van der Waals surface area (Å²) in [5.74, 6) is -1.79. The van der Waals surface area contributed by atoms with Gasteiger partial charge in [0.15, 0.2) is 0 Å². The molecular weight excluding hydrogens is 502 g/mol. The van der Waals surface area contributed by atoms with Crippen molar-refractivity contribution < 1.29 is 28.7 Å². The maximum absolute atomic E-state index is 13.6. The Balaban J connectivity index is 1.49. The number of rotatable bonds is 11. The summed E-state index contributed by atoms with van der Waals surface area (Å²) in [6, 6.07) is 7.66. The van der Waals surface area contributed by atoms with Crippen LogP contribution in [0.1, 0.15) is 30.3 Å². The molecule has 0 bridgehead atoms. The molecule has 11 nitrogen and oxygen atoms in total. The van der Waals surface area contributed by atoms with Crippen molar-refractivity contribution in [2.75, 3.05) is 32.8 Å². The number of fused-ring (bicyclic) bond motifs is 1. The number of hydrogen-bond donors (Lipinski definition) is 3. The fraction of sp³-hybridized carbons (Fsp3) is 0.393. The minimum Gasteiger partial charge on any atom is -0.433 e. The fourth-order valence-electron chi connectivity index (χ4n) is 4.63. The van der Waals surface area contributed by atoms with Crippen LogP contribution in [-0.4, -0.2) is 84.7 Å². The monoisotopic (exact) mass is 535 g/mol. The first kappa shape index (κ1) is 27.9. The zero-order chi connectivity index (χ0) is 27.8. The molecule has 1 aromatic heterocycles. The third kappa shape index (κ3) is 7.06. The molecule has 2 aliphatic rings. The molecule has 0 spiro atoms. The lowest BCUT2D eigenvalue weighted by molar-refractivity contribution is -0.164. The number of pyridine rings is 1. The van der Waals surface area contributed by atoms with E-state index in [1.54, 1.807) is 25.3 Å². The first-order valence-electron chi connectivity index (χ1n) is 12.9. The molecule has 0 saturated carbocycles. The number of nitrogens with one attached hydrogen (secondary N) is 3. The zero-order valence-electron chi connectivity index (χ0n) is 21.9. The van der Waals surface area contributed by atoms with Crippen LogP contribution in [0.3, 0.4) is 0 Å². The van der Waals surface area contributed by atoms with Gasteiger partial charge in [0.05, 0.1) is 13.0 Å². The molecule has 2 aromatic rings. The Morgan fingerprint density at radius 3 is 2.85 bits per heavy atom. The third-order valence-electron chi connectivity index (χ3n) is 6.46. The first-order chi connectivity index (χ1) is 18.9. The summed E-state index contributed by atoms with van der Waals surface area (Å²) in [7, 11) is 0. The number of benzene rings is 1. The second-order valence-electron chi connectivity index (χ2n) is 9.31. The fourth-order valence-corrected chi connectivity index (χ4v) is 4.63. The van der Waals surface area contributed by atoms with Gasteiger partial charge in [-0.3, -0.25) is 24.2 Å². The average molecular weight is 536 g/mol. The average Bonchev–Trinajstić information content (AvgIpc) is 3.20. The maximum atomic E-state index is 13.6. The maximum Gasteiger partial charge on any atom is 0.310 e. The Labute approximate surface area is 226 Å². The van der Waals surface area contributed by atoms with Gasteiger partial charge in [-0.15, -0.1) is 6.58 Å². The van der Waals surface area contributed by atoms with Gasteiger partial charge in [-0.1, -0.05) is 36.4 Å². The van der Waals surface area contributed by atoms with E-state index in [0.717, 1.165) is 11.0 Å². The van der Waals surface area contributed by atoms with Gasteiger partial charge in [0.2, 0.25) is 18.1 Å². The third-order valence-corrected chi connectivity index (χ3v) is 6.46. The Morgan fingerprint density at radius 1 is 1.23 bits per heavy atom. The molecule has 3 N–H and O–H groups in total. The molecule has 4 rings (SSSR count). The molecule has 1 fully saturated rings. The van der Waals surface area contributed by atoms with Gasteiger partial charge in [0.25, 0.3) is 5.91 Å². The van der Waals surface area contributed by atoms with Gasteiger partial charge >= 0.3 is 5.97 Å². The summed E-state index contributed by atoms with van der Waals surface area (Å²) >= 11 is 0. The van der Waals surface area contributed by atoms with Crippen LogP contribution in [0.4, 0.5) is 0 Å². The molecular formula is C28H33N5O6. The largest absolute Gasteiger partial charge is 0.433 e. The van der Waals surface area contributed by atoms with Gasteiger partial charge in [-0.05, 0) is 30.4 Å². The molecule has 1 aromatic carbocycles. The molecule has 0 aliphatic carbocycles. The molecule has 3 heterocycles. The molecule has 3 amide bonds. The Kier molecular flexibility index (Phi) is 9.40. The number of aromatic nitrogens is 1. The van der Waals surface area contributed by atoms with E-state index in [2.05, 4.69) is 27.5 Å². The summed E-state index contributed by atoms with van der Waals surface area (Å²) < 4.78 is 10.5. The number of ether oxygens (including phenoxy) is 2. The topological polar surface area (TPSA) is 139 Å². The first-order valence-corrected chi connectivity index (χ1v) is 12.9. The number of carbonyl (C=O) groups excluding carboxylic acids is 4. The van der Waals surface area contributed by atoms with Crippen molar-refractivity contribution in [2.24, 2.45) is 0 Å². The molecule has 0 radical (unpaired) electrons. The van der Waals surface area contributed by atoms with E-state index >= 15 is 0 Å². The zero-order valence-corrected chi connectivity index (χ0v) is 21.9. The van der Waals surface area contributed by atoms with Crippen molar-refractivity contribution in [3.05, 3.63) is 66.5 Å². The quantitative estimate of drug-likeness (QED) is 0.221. The number of carbonyl (C=O) groups is 4. The highest BCUT2D eigenvalue weighted by Gasteiger charge is 2.37. The van der Waals surface area contributed by atoms with Crippen LogP contribution in [0.25, 0.3) is 10.8 Å². The number of esters is 1. The molecule has 206 valence electrons. The van der Waals surface area contributed by atoms with Crippen molar-refractivity contribution in [3.8, 4) is 0 Å². The van der Waals surface area contributed by atoms with E-state index in [4.69, 9.17) is 9.47 Å². The van der Waals surface area contributed by atoms with Crippen LogP contribution in [0.2, 0.25) is 0 Å². The molecule has 11 heteroatoms. The standard InChI is InChI=1S/C28H33N5O6/c1-3-12-29-15-18-9-10-21(32-26(36)25-20-8-6-5-7-19(20)11-13-30-25)27(37)33(16-18)17-23(34)31-22-14-24(35)39-28(22)38-4-2/h3,5-9,11,13,21-22,28-29H,1,4,10,12,14-17H2,2H3,(H,31,34)(H,32,36). The minimum absolute atomic E-state index is 0.0162. The predicted octanol–water partition coefficient (Wildman–Crippen LogP) is 1.06. The molecule has 39 heavy (non-hydrogen) atoms. The minimum atomic E-state index is -0.893. The smallest absolute Gasteiger partial charge is 0.310 e. The number of hydrogen-bond acceptors (Lipinski definition) is 8. The number of cyclic esters (lactones) is 1. The lowest BCUT2D eigenvalue weighted by Crippen LogP contribution is -2.52. The van der Waals surface area contributed by atoms with Crippen molar-refractivity contribution in [1.29, 1.82) is 0 Å². The van der Waals surface area contributed by atoms with Gasteiger partial charge in [0, 0.05) is 37.8 Å². The SMILES string of the molecule is C=CCNCC1=CCC(NC(=O)c2nccc3ccccc23)C(=O)N(CC(=O)NC2CC(=O)OC2OCC)C1. The van der Waals surface area contributed by atoms with Gasteiger partial charge in [0.1, 0.15) is 17.8 Å². The Morgan fingerprint density at radius 2 is 2.05 bits per heavy atom. The van der Waals surface area contributed by atoms with Crippen LogP contribution in [0.15, 0.2) is 60.8 Å². The van der Waals surface area contributed by atoms with Crippen LogP contribution in [0, 0.1) is 0 Å². The van der Waals surface area contributed by atoms with Crippen molar-refractivity contribution in [3.63, 3.8) is 0 Å². The second kappa shape index (κ2) is 13.1. The normalized spacial score (nSPS) is 21.2. The van der Waals surface area contributed by atoms with Crippen LogP contribution >= 0.6 is 0 Å². The number of nitrogens with zero attached hydrogens (tertiary/aromatic N) is 2. The Hall–Kier alpha value is -4.09. The predicted molar refractivity (Wildman–Crippen MR) is 143 cm³/mol. The summed E-state index contributed by atoms with van der Waals surface area (Å²) in [6.45, 7) is 6.77. The highest BCUT2D eigenvalue weighted by molar-refractivity contribution is 6.06. The van der Waals surface area contributed by atoms with E-state index < -0.39 is 42.1 Å². The van der Waals surface area contributed by atoms with E-state index in [1.807, 2.05) is 30.3 Å². The Bertz CT molecular complexity index is 1270. The summed E-state index contributed by atoms with van der Waals surface area (Å²) in [4.78, 5) is 57.2. The summed E-state index contributed by atoms with van der Waals surface area (Å²) in [5.41, 5.74) is 1.11. The molecule has 3 unspecified atom stereocenters. The van der Waals surface area contributed by atoms with Gasteiger partial charge in [-0.25, -0.2) is 0 Å². The molecule has 3 atom stereocenters. The molecule has 1 saturated heterocycles. The van der Waals surface area contributed by atoms with E-state index in [0.29, 0.717) is 25.1 Å². The van der Waals surface area contributed by atoms with Gasteiger partial charge < -0.3 is 30.3 Å². The van der Waals surface area contributed by atoms with E-state index in [9.17, 15) is 19.2 Å². The van der Waals surface area contributed by atoms with Crippen LogP contribution in [0.5, 0.6) is 0 Å². The van der Waals surface area contributed by atoms with Crippen molar-refractivity contribution in [2.45, 2.75) is 38.1 Å². The van der Waals surface area contributed by atoms with Gasteiger partial charge in [-0.2, -0.15) is 0 Å². The lowest BCUT2D eigenvalue weighted by atomic mass is 10.1. The molecule has 2 aliphatic heterocycles. The highest BCUT2D eigenvalue weighted by atomic mass is 16.7. The number of amides is 3. The van der Waals surface area contributed by atoms with E-state index in [-0.39, 0.29) is 31.6 Å².